The van der Waals surface area contributed by atoms with E-state index >= 15 is 0 Å². The number of carboxylic acids is 1. The second kappa shape index (κ2) is 4.95. The van der Waals surface area contributed by atoms with Gasteiger partial charge in [0.1, 0.15) is 0 Å². The number of carbonyl (C=O) groups is 1. The average molecular weight is 246 g/mol. The predicted molar refractivity (Wildman–Crippen MR) is 64.6 cm³/mol. The third kappa shape index (κ3) is 2.53. The molecule has 0 bridgehead atoms. The third-order valence-electron chi connectivity index (χ3n) is 2.69. The first kappa shape index (κ1) is 12.2. The second-order valence-corrected chi connectivity index (χ2v) is 4.19. The SMILES string of the molecule is Cc1ccc(C)c(-n2nnnc2CCC(=O)O)c1. The van der Waals surface area contributed by atoms with Crippen molar-refractivity contribution in [3.63, 3.8) is 0 Å². The average Bonchev–Trinajstić information content (AvgIpc) is 2.77. The summed E-state index contributed by atoms with van der Waals surface area (Å²) in [5.74, 6) is -0.295. The van der Waals surface area contributed by atoms with E-state index in [4.69, 9.17) is 5.11 Å². The van der Waals surface area contributed by atoms with Gasteiger partial charge in [0, 0.05) is 6.42 Å². The van der Waals surface area contributed by atoms with E-state index in [2.05, 4.69) is 15.5 Å². The monoisotopic (exact) mass is 246 g/mol. The molecule has 0 aliphatic carbocycles. The first-order chi connectivity index (χ1) is 8.58. The number of carboxylic acid groups (broad SMARTS) is 1. The van der Waals surface area contributed by atoms with Crippen molar-refractivity contribution in [3.05, 3.63) is 35.2 Å². The summed E-state index contributed by atoms with van der Waals surface area (Å²) in [6.07, 6.45) is 0.334. The lowest BCUT2D eigenvalue weighted by Gasteiger charge is -2.08. The van der Waals surface area contributed by atoms with Crippen molar-refractivity contribution < 1.29 is 9.90 Å². The maximum atomic E-state index is 10.6. The predicted octanol–water partition coefficient (Wildman–Crippen LogP) is 1.30. The van der Waals surface area contributed by atoms with Gasteiger partial charge in [0.25, 0.3) is 0 Å². The number of nitrogens with zero attached hydrogens (tertiary/aromatic N) is 4. The highest BCUT2D eigenvalue weighted by atomic mass is 16.4. The molecular weight excluding hydrogens is 232 g/mol. The zero-order valence-corrected chi connectivity index (χ0v) is 10.3. The van der Waals surface area contributed by atoms with Crippen LogP contribution in [-0.4, -0.2) is 31.3 Å². The van der Waals surface area contributed by atoms with Gasteiger partial charge in [-0.2, -0.15) is 4.68 Å². The molecule has 0 unspecified atom stereocenters. The van der Waals surface area contributed by atoms with Crippen molar-refractivity contribution >= 4 is 5.97 Å². The smallest absolute Gasteiger partial charge is 0.303 e. The minimum absolute atomic E-state index is 0.0191. The number of rotatable bonds is 4. The number of aryl methyl sites for hydroxylation is 3. The van der Waals surface area contributed by atoms with Gasteiger partial charge in [-0.05, 0) is 41.5 Å². The lowest BCUT2D eigenvalue weighted by atomic mass is 10.1. The topological polar surface area (TPSA) is 80.9 Å². The molecule has 0 aliphatic rings. The van der Waals surface area contributed by atoms with E-state index in [0.717, 1.165) is 16.8 Å². The van der Waals surface area contributed by atoms with Gasteiger partial charge >= 0.3 is 5.97 Å². The maximum Gasteiger partial charge on any atom is 0.303 e. The van der Waals surface area contributed by atoms with Crippen molar-refractivity contribution in [2.75, 3.05) is 0 Å². The van der Waals surface area contributed by atoms with Crippen molar-refractivity contribution in [1.29, 1.82) is 0 Å². The van der Waals surface area contributed by atoms with Gasteiger partial charge in [-0.15, -0.1) is 5.10 Å². The maximum absolute atomic E-state index is 10.6. The van der Waals surface area contributed by atoms with Crippen LogP contribution in [0.1, 0.15) is 23.4 Å². The Bertz CT molecular complexity index is 577. The molecule has 94 valence electrons. The molecule has 18 heavy (non-hydrogen) atoms. The molecule has 1 N–H and O–H groups in total. The molecule has 2 aromatic rings. The zero-order chi connectivity index (χ0) is 13.1. The highest BCUT2D eigenvalue weighted by molar-refractivity contribution is 5.66. The van der Waals surface area contributed by atoms with Crippen LogP contribution in [0.2, 0.25) is 0 Å². The van der Waals surface area contributed by atoms with Crippen LogP contribution in [-0.2, 0) is 11.2 Å². The van der Waals surface area contributed by atoms with Crippen LogP contribution < -0.4 is 0 Å². The summed E-state index contributed by atoms with van der Waals surface area (Å²) in [6, 6.07) is 5.99. The van der Waals surface area contributed by atoms with E-state index in [0.29, 0.717) is 12.2 Å². The van der Waals surface area contributed by atoms with E-state index in [1.807, 2.05) is 32.0 Å². The Morgan fingerprint density at radius 2 is 2.17 bits per heavy atom. The van der Waals surface area contributed by atoms with Gasteiger partial charge in [-0.25, -0.2) is 0 Å². The summed E-state index contributed by atoms with van der Waals surface area (Å²) >= 11 is 0. The van der Waals surface area contributed by atoms with Gasteiger partial charge in [0.05, 0.1) is 12.1 Å². The molecule has 6 nitrogen and oxygen atoms in total. The molecule has 0 saturated heterocycles. The van der Waals surface area contributed by atoms with E-state index in [9.17, 15) is 4.79 Å². The van der Waals surface area contributed by atoms with Gasteiger partial charge in [0.15, 0.2) is 5.82 Å². The van der Waals surface area contributed by atoms with Crippen LogP contribution in [0.3, 0.4) is 0 Å². The summed E-state index contributed by atoms with van der Waals surface area (Å²) < 4.78 is 1.60. The first-order valence-corrected chi connectivity index (χ1v) is 5.64. The fraction of sp³-hybridized carbons (Fsp3) is 0.333. The Hall–Kier alpha value is -2.24. The Labute approximate surface area is 104 Å². The molecule has 2 rings (SSSR count). The fourth-order valence-electron chi connectivity index (χ4n) is 1.72. The summed E-state index contributed by atoms with van der Waals surface area (Å²) in [6.45, 7) is 3.96. The molecule has 6 heteroatoms. The molecule has 0 atom stereocenters. The number of benzene rings is 1. The summed E-state index contributed by atoms with van der Waals surface area (Å²) in [5.41, 5.74) is 3.04. The summed E-state index contributed by atoms with van der Waals surface area (Å²) in [4.78, 5) is 10.6. The lowest BCUT2D eigenvalue weighted by Crippen LogP contribution is -2.07. The van der Waals surface area contributed by atoms with E-state index < -0.39 is 5.97 Å². The van der Waals surface area contributed by atoms with Crippen molar-refractivity contribution in [3.8, 4) is 5.69 Å². The van der Waals surface area contributed by atoms with E-state index in [1.54, 1.807) is 4.68 Å². The highest BCUT2D eigenvalue weighted by Crippen LogP contribution is 2.16. The van der Waals surface area contributed by atoms with Gasteiger partial charge < -0.3 is 5.11 Å². The Morgan fingerprint density at radius 3 is 2.89 bits per heavy atom. The molecule has 0 amide bonds. The largest absolute Gasteiger partial charge is 0.481 e. The molecular formula is C12H14N4O2. The van der Waals surface area contributed by atoms with Gasteiger partial charge in [0.2, 0.25) is 0 Å². The number of hydrogen-bond donors (Lipinski definition) is 1. The number of aromatic nitrogens is 4. The molecule has 0 saturated carbocycles. The minimum Gasteiger partial charge on any atom is -0.481 e. The molecule has 1 heterocycles. The van der Waals surface area contributed by atoms with Crippen LogP contribution >= 0.6 is 0 Å². The van der Waals surface area contributed by atoms with Crippen molar-refractivity contribution in [2.24, 2.45) is 0 Å². The third-order valence-corrected chi connectivity index (χ3v) is 2.69. The number of hydrogen-bond acceptors (Lipinski definition) is 4. The quantitative estimate of drug-likeness (QED) is 0.879. The standard InChI is InChI=1S/C12H14N4O2/c1-8-3-4-9(2)10(7-8)16-11(13-14-15-16)5-6-12(17)18/h3-4,7H,5-6H2,1-2H3,(H,17,18). The Balaban J connectivity index is 2.36. The molecule has 0 radical (unpaired) electrons. The van der Waals surface area contributed by atoms with Crippen molar-refractivity contribution in [2.45, 2.75) is 26.7 Å². The number of tetrazole rings is 1. The highest BCUT2D eigenvalue weighted by Gasteiger charge is 2.11. The van der Waals surface area contributed by atoms with Gasteiger partial charge in [-0.3, -0.25) is 4.79 Å². The van der Waals surface area contributed by atoms with Crippen molar-refractivity contribution in [1.82, 2.24) is 20.2 Å². The summed E-state index contributed by atoms with van der Waals surface area (Å²) in [5, 5.41) is 20.1. The van der Waals surface area contributed by atoms with E-state index in [1.165, 1.54) is 0 Å². The second-order valence-electron chi connectivity index (χ2n) is 4.19. The minimum atomic E-state index is -0.856. The van der Waals surface area contributed by atoms with Crippen LogP contribution in [0.15, 0.2) is 18.2 Å². The molecule has 1 aromatic heterocycles. The Kier molecular flexibility index (Phi) is 3.36. The summed E-state index contributed by atoms with van der Waals surface area (Å²) in [7, 11) is 0. The van der Waals surface area contributed by atoms with Crippen LogP contribution in [0, 0.1) is 13.8 Å². The fourth-order valence-corrected chi connectivity index (χ4v) is 1.72. The van der Waals surface area contributed by atoms with Gasteiger partial charge in [-0.1, -0.05) is 12.1 Å². The lowest BCUT2D eigenvalue weighted by molar-refractivity contribution is -0.137. The zero-order valence-electron chi connectivity index (χ0n) is 10.3. The van der Waals surface area contributed by atoms with Crippen LogP contribution in [0.4, 0.5) is 0 Å². The molecule has 0 aliphatic heterocycles. The molecule has 0 fully saturated rings. The number of aliphatic carboxylic acids is 1. The van der Waals surface area contributed by atoms with Crippen LogP contribution in [0.25, 0.3) is 5.69 Å². The molecule has 1 aromatic carbocycles. The van der Waals surface area contributed by atoms with E-state index in [-0.39, 0.29) is 6.42 Å². The Morgan fingerprint density at radius 1 is 1.39 bits per heavy atom. The van der Waals surface area contributed by atoms with Crippen LogP contribution in [0.5, 0.6) is 0 Å². The normalized spacial score (nSPS) is 10.6. The molecule has 0 spiro atoms. The first-order valence-electron chi connectivity index (χ1n) is 5.64.